The van der Waals surface area contributed by atoms with Gasteiger partial charge in [0.15, 0.2) is 6.10 Å². The van der Waals surface area contributed by atoms with Crippen molar-refractivity contribution < 1.29 is 27.4 Å². The van der Waals surface area contributed by atoms with Crippen molar-refractivity contribution in [2.45, 2.75) is 59.6 Å². The highest BCUT2D eigenvalue weighted by Gasteiger charge is 2.39. The number of rotatable bonds is 5. The number of hydrogen-bond donors (Lipinski definition) is 0. The van der Waals surface area contributed by atoms with Crippen molar-refractivity contribution in [3.63, 3.8) is 0 Å². The molecule has 0 aromatic carbocycles. The molecule has 0 saturated heterocycles. The maximum Gasteiger partial charge on any atom is 0.414 e. The molecule has 0 N–H and O–H groups in total. The van der Waals surface area contributed by atoms with Crippen molar-refractivity contribution in [1.29, 1.82) is 0 Å². The van der Waals surface area contributed by atoms with Crippen LogP contribution in [-0.4, -0.2) is 24.5 Å². The van der Waals surface area contributed by atoms with E-state index in [0.29, 0.717) is 6.42 Å². The van der Waals surface area contributed by atoms with Crippen LogP contribution >= 0.6 is 0 Å². The number of esters is 1. The largest absolute Gasteiger partial charge is 0.436 e. The fourth-order valence-electron chi connectivity index (χ4n) is 0.847. The van der Waals surface area contributed by atoms with Crippen molar-refractivity contribution in [3.05, 3.63) is 0 Å². The number of ether oxygens (including phenoxy) is 2. The average Bonchev–Trinajstić information content (AvgIpc) is 2.15. The summed E-state index contributed by atoms with van der Waals surface area (Å²) in [5, 5.41) is 0. The minimum absolute atomic E-state index is 0.535. The first-order valence-electron chi connectivity index (χ1n) is 5.44. The third kappa shape index (κ3) is 5.39. The van der Waals surface area contributed by atoms with Crippen molar-refractivity contribution in [2.24, 2.45) is 5.41 Å². The van der Waals surface area contributed by atoms with Crippen molar-refractivity contribution in [1.82, 2.24) is 0 Å². The van der Waals surface area contributed by atoms with Gasteiger partial charge in [-0.1, -0.05) is 6.92 Å². The van der Waals surface area contributed by atoms with E-state index in [1.165, 1.54) is 6.92 Å². The van der Waals surface area contributed by atoms with Crippen LogP contribution in [0.15, 0.2) is 0 Å². The maximum absolute atomic E-state index is 12.2. The summed E-state index contributed by atoms with van der Waals surface area (Å²) < 4.78 is 45.9. The molecule has 0 rings (SSSR count). The molecule has 3 nitrogen and oxygen atoms in total. The first kappa shape index (κ1) is 16.2. The summed E-state index contributed by atoms with van der Waals surface area (Å²) in [6.45, 7) is 7.26. The molecule has 0 aliphatic carbocycles. The summed E-state index contributed by atoms with van der Waals surface area (Å²) in [4.78, 5) is 11.6. The van der Waals surface area contributed by atoms with Gasteiger partial charge in [-0.25, -0.2) is 0 Å². The van der Waals surface area contributed by atoms with E-state index in [4.69, 9.17) is 4.74 Å². The molecule has 0 aromatic heterocycles. The van der Waals surface area contributed by atoms with Gasteiger partial charge in [0.1, 0.15) is 0 Å². The molecule has 0 bridgehead atoms. The number of hydrogen-bond acceptors (Lipinski definition) is 3. The van der Waals surface area contributed by atoms with E-state index in [2.05, 4.69) is 4.74 Å². The molecule has 0 saturated carbocycles. The van der Waals surface area contributed by atoms with Gasteiger partial charge in [0.25, 0.3) is 0 Å². The van der Waals surface area contributed by atoms with Crippen LogP contribution in [0.2, 0.25) is 0 Å². The molecule has 0 spiro atoms. The smallest absolute Gasteiger partial charge is 0.414 e. The molecule has 0 amide bonds. The number of alkyl halides is 3. The van der Waals surface area contributed by atoms with Gasteiger partial charge in [0.2, 0.25) is 6.29 Å². The summed E-state index contributed by atoms with van der Waals surface area (Å²) >= 11 is 0. The summed E-state index contributed by atoms with van der Waals surface area (Å²) in [5.74, 6) is -0.568. The van der Waals surface area contributed by atoms with Crippen molar-refractivity contribution in [2.75, 3.05) is 0 Å². The highest BCUT2D eigenvalue weighted by molar-refractivity contribution is 5.75. The average molecular weight is 256 g/mol. The third-order valence-electron chi connectivity index (χ3n) is 2.57. The van der Waals surface area contributed by atoms with Crippen LogP contribution in [0, 0.1) is 5.41 Å². The second kappa shape index (κ2) is 5.71. The van der Waals surface area contributed by atoms with Crippen LogP contribution in [0.4, 0.5) is 13.2 Å². The summed E-state index contributed by atoms with van der Waals surface area (Å²) in [6.07, 6.45) is -7.10. The molecule has 102 valence electrons. The Balaban J connectivity index is 4.29. The van der Waals surface area contributed by atoms with Gasteiger partial charge >= 0.3 is 12.1 Å². The lowest BCUT2D eigenvalue weighted by Gasteiger charge is -2.25. The third-order valence-corrected chi connectivity index (χ3v) is 2.57. The van der Waals surface area contributed by atoms with Gasteiger partial charge in [-0.15, -0.1) is 0 Å². The Labute approximate surface area is 99.3 Å². The highest BCUT2D eigenvalue weighted by atomic mass is 19.4. The Bertz CT molecular complexity index is 261. The molecule has 0 radical (unpaired) electrons. The van der Waals surface area contributed by atoms with E-state index in [1.807, 2.05) is 0 Å². The minimum Gasteiger partial charge on any atom is -0.436 e. The molecule has 0 aromatic rings. The minimum atomic E-state index is -4.46. The zero-order valence-electron chi connectivity index (χ0n) is 10.7. The molecule has 0 aliphatic rings. The second-order valence-corrected chi connectivity index (χ2v) is 4.53. The molecule has 17 heavy (non-hydrogen) atoms. The fourth-order valence-corrected chi connectivity index (χ4v) is 0.847. The Hall–Kier alpha value is -0.780. The zero-order chi connectivity index (χ0) is 13.9. The zero-order valence-corrected chi connectivity index (χ0v) is 10.7. The molecule has 2 atom stereocenters. The van der Waals surface area contributed by atoms with Gasteiger partial charge in [0.05, 0.1) is 5.41 Å². The first-order valence-corrected chi connectivity index (χ1v) is 5.44. The van der Waals surface area contributed by atoms with Crippen molar-refractivity contribution >= 4 is 5.97 Å². The van der Waals surface area contributed by atoms with Gasteiger partial charge in [0, 0.05) is 0 Å². The molecule has 6 heteroatoms. The van der Waals surface area contributed by atoms with Gasteiger partial charge in [-0.05, 0) is 34.1 Å². The van der Waals surface area contributed by atoms with Gasteiger partial charge in [-0.3, -0.25) is 4.79 Å². The predicted octanol–water partition coefficient (Wildman–Crippen LogP) is 3.28. The van der Waals surface area contributed by atoms with E-state index in [1.54, 1.807) is 20.8 Å². The Kier molecular flexibility index (Phi) is 5.45. The Morgan fingerprint density at radius 3 is 2.06 bits per heavy atom. The van der Waals surface area contributed by atoms with Crippen LogP contribution in [0.3, 0.4) is 0 Å². The second-order valence-electron chi connectivity index (χ2n) is 4.53. The van der Waals surface area contributed by atoms with Gasteiger partial charge < -0.3 is 9.47 Å². The number of carbonyl (C=O) groups excluding carboxylic acids is 1. The van der Waals surface area contributed by atoms with Crippen LogP contribution in [-0.2, 0) is 14.3 Å². The standard InChI is InChI=1S/C11H19F3O3/c1-6-10(4,5)9(15)17-8(3)16-7(2)11(12,13)14/h7-8H,6H2,1-5H3. The predicted molar refractivity (Wildman–Crippen MR) is 56.2 cm³/mol. The lowest BCUT2D eigenvalue weighted by Crippen LogP contribution is -2.36. The van der Waals surface area contributed by atoms with Crippen LogP contribution in [0.25, 0.3) is 0 Å². The van der Waals surface area contributed by atoms with E-state index < -0.39 is 30.0 Å². The summed E-state index contributed by atoms with van der Waals surface area (Å²) in [6, 6.07) is 0. The normalized spacial score (nSPS) is 16.5. The van der Waals surface area contributed by atoms with E-state index in [0.717, 1.165) is 6.92 Å². The lowest BCUT2D eigenvalue weighted by molar-refractivity contribution is -0.260. The van der Waals surface area contributed by atoms with Crippen LogP contribution < -0.4 is 0 Å². The molecular weight excluding hydrogens is 237 g/mol. The van der Waals surface area contributed by atoms with Crippen LogP contribution in [0.1, 0.15) is 41.0 Å². The fraction of sp³-hybridized carbons (Fsp3) is 0.909. The lowest BCUT2D eigenvalue weighted by atomic mass is 9.91. The summed E-state index contributed by atoms with van der Waals surface area (Å²) in [5.41, 5.74) is -0.723. The Morgan fingerprint density at radius 1 is 1.24 bits per heavy atom. The van der Waals surface area contributed by atoms with Crippen molar-refractivity contribution in [3.8, 4) is 0 Å². The van der Waals surface area contributed by atoms with Gasteiger partial charge in [-0.2, -0.15) is 13.2 Å². The molecular formula is C11H19F3O3. The monoisotopic (exact) mass is 256 g/mol. The maximum atomic E-state index is 12.2. The molecule has 0 heterocycles. The highest BCUT2D eigenvalue weighted by Crippen LogP contribution is 2.25. The molecule has 2 unspecified atom stereocenters. The topological polar surface area (TPSA) is 35.5 Å². The van der Waals surface area contributed by atoms with E-state index in [-0.39, 0.29) is 0 Å². The number of carbonyl (C=O) groups is 1. The SMILES string of the molecule is CCC(C)(C)C(=O)OC(C)OC(C)C(F)(F)F. The van der Waals surface area contributed by atoms with Crippen LogP contribution in [0.5, 0.6) is 0 Å². The summed E-state index contributed by atoms with van der Waals surface area (Å²) in [7, 11) is 0. The first-order chi connectivity index (χ1) is 7.50. The van der Waals surface area contributed by atoms with E-state index >= 15 is 0 Å². The molecule has 0 aliphatic heterocycles. The number of halogens is 3. The quantitative estimate of drug-likeness (QED) is 0.559. The molecule has 0 fully saturated rings. The van der Waals surface area contributed by atoms with E-state index in [9.17, 15) is 18.0 Å². The Morgan fingerprint density at radius 2 is 1.71 bits per heavy atom.